The van der Waals surface area contributed by atoms with Gasteiger partial charge in [-0.2, -0.15) is 0 Å². The lowest BCUT2D eigenvalue weighted by Crippen LogP contribution is -2.27. The second-order valence-corrected chi connectivity index (χ2v) is 6.68. The maximum atomic E-state index is 12.9. The minimum Gasteiger partial charge on any atom is -0.283 e. The van der Waals surface area contributed by atoms with E-state index < -0.39 is 0 Å². The highest BCUT2D eigenvalue weighted by Crippen LogP contribution is 2.23. The number of aromatic nitrogens is 2. The van der Waals surface area contributed by atoms with Crippen LogP contribution in [0.2, 0.25) is 0 Å². The van der Waals surface area contributed by atoms with Crippen LogP contribution < -0.4 is 5.56 Å². The number of rotatable bonds is 3. The third-order valence-electron chi connectivity index (χ3n) is 4.54. The molecule has 4 heteroatoms. The molecule has 0 bridgehead atoms. The average Bonchev–Trinajstić information content (AvgIpc) is 3.06. The van der Waals surface area contributed by atoms with E-state index >= 15 is 0 Å². The summed E-state index contributed by atoms with van der Waals surface area (Å²) in [5.41, 5.74) is 3.24. The highest BCUT2D eigenvalue weighted by atomic mass is 32.2. The van der Waals surface area contributed by atoms with Gasteiger partial charge < -0.3 is 0 Å². The zero-order valence-corrected chi connectivity index (χ0v) is 13.9. The molecule has 0 amide bonds. The normalized spacial score (nSPS) is 13.4. The molecule has 0 atom stereocenters. The Balaban J connectivity index is 1.87. The van der Waals surface area contributed by atoms with Gasteiger partial charge in [0.25, 0.3) is 5.56 Å². The van der Waals surface area contributed by atoms with Gasteiger partial charge in [0.05, 0.1) is 12.2 Å². The third kappa shape index (κ3) is 2.47. The molecular weight excluding hydrogens is 304 g/mol. The first-order valence-electron chi connectivity index (χ1n) is 7.91. The number of benzene rings is 2. The fourth-order valence-corrected chi connectivity index (χ4v) is 3.97. The summed E-state index contributed by atoms with van der Waals surface area (Å²) in [4.78, 5) is 17.6. The van der Waals surface area contributed by atoms with E-state index in [1.54, 1.807) is 11.8 Å². The molecule has 116 valence electrons. The number of nitrogens with zero attached hydrogens (tertiary/aromatic N) is 2. The van der Waals surface area contributed by atoms with Crippen molar-refractivity contribution in [3.63, 3.8) is 0 Å². The third-order valence-corrected chi connectivity index (χ3v) is 5.22. The van der Waals surface area contributed by atoms with Gasteiger partial charge in [-0.05, 0) is 41.9 Å². The van der Waals surface area contributed by atoms with Gasteiger partial charge in [0.2, 0.25) is 0 Å². The zero-order valence-electron chi connectivity index (χ0n) is 13.1. The van der Waals surface area contributed by atoms with E-state index in [9.17, 15) is 4.79 Å². The topological polar surface area (TPSA) is 34.9 Å². The van der Waals surface area contributed by atoms with E-state index in [4.69, 9.17) is 4.98 Å². The van der Waals surface area contributed by atoms with Crippen molar-refractivity contribution < 1.29 is 0 Å². The molecule has 0 spiro atoms. The summed E-state index contributed by atoms with van der Waals surface area (Å²) in [6, 6.07) is 14.6. The molecule has 0 fully saturated rings. The van der Waals surface area contributed by atoms with Gasteiger partial charge in [-0.3, -0.25) is 9.36 Å². The Morgan fingerprint density at radius 1 is 1.13 bits per heavy atom. The monoisotopic (exact) mass is 322 g/mol. The van der Waals surface area contributed by atoms with Crippen molar-refractivity contribution in [1.29, 1.82) is 0 Å². The van der Waals surface area contributed by atoms with Gasteiger partial charge in [0.15, 0.2) is 5.16 Å². The fourth-order valence-electron chi connectivity index (χ4n) is 3.40. The molecule has 4 rings (SSSR count). The molecular formula is C19H18N2OS. The number of hydrogen-bond acceptors (Lipinski definition) is 3. The molecule has 2 aromatic carbocycles. The lowest BCUT2D eigenvalue weighted by atomic mass is 10.0. The number of aryl methyl sites for hydroxylation is 1. The Bertz CT molecular complexity index is 940. The van der Waals surface area contributed by atoms with Crippen molar-refractivity contribution in [2.24, 2.45) is 0 Å². The van der Waals surface area contributed by atoms with Crippen LogP contribution in [0.15, 0.2) is 52.4 Å². The Kier molecular flexibility index (Phi) is 3.69. The molecule has 1 aliphatic rings. The SMILES string of the molecule is CSc1nc2c(c(=O)n1Cc1cccc3ccccc13)CCC2. The summed E-state index contributed by atoms with van der Waals surface area (Å²) in [7, 11) is 0. The number of fused-ring (bicyclic) bond motifs is 2. The minimum absolute atomic E-state index is 0.143. The smallest absolute Gasteiger partial charge is 0.257 e. The lowest BCUT2D eigenvalue weighted by Gasteiger charge is -2.14. The molecule has 0 unspecified atom stereocenters. The zero-order chi connectivity index (χ0) is 15.8. The van der Waals surface area contributed by atoms with Crippen LogP contribution in [0.4, 0.5) is 0 Å². The predicted octanol–water partition coefficient (Wildman–Crippen LogP) is 3.66. The molecule has 0 N–H and O–H groups in total. The summed E-state index contributed by atoms with van der Waals surface area (Å²) in [6.07, 6.45) is 4.84. The molecule has 3 aromatic rings. The Morgan fingerprint density at radius 2 is 1.96 bits per heavy atom. The van der Waals surface area contributed by atoms with Gasteiger partial charge in [0, 0.05) is 5.56 Å². The molecule has 0 aliphatic heterocycles. The van der Waals surface area contributed by atoms with E-state index in [0.29, 0.717) is 6.54 Å². The first kappa shape index (κ1) is 14.5. The van der Waals surface area contributed by atoms with Gasteiger partial charge in [-0.25, -0.2) is 4.98 Å². The molecule has 1 aliphatic carbocycles. The number of thioether (sulfide) groups is 1. The van der Waals surface area contributed by atoms with E-state index in [-0.39, 0.29) is 5.56 Å². The molecule has 0 saturated carbocycles. The highest BCUT2D eigenvalue weighted by Gasteiger charge is 2.20. The van der Waals surface area contributed by atoms with Crippen LogP contribution in [-0.4, -0.2) is 15.8 Å². The van der Waals surface area contributed by atoms with Crippen molar-refractivity contribution in [2.75, 3.05) is 6.26 Å². The van der Waals surface area contributed by atoms with E-state index in [1.807, 2.05) is 23.0 Å². The van der Waals surface area contributed by atoms with Gasteiger partial charge in [-0.1, -0.05) is 54.2 Å². The van der Waals surface area contributed by atoms with Crippen LogP contribution in [-0.2, 0) is 19.4 Å². The van der Waals surface area contributed by atoms with E-state index in [0.717, 1.165) is 35.7 Å². The largest absolute Gasteiger partial charge is 0.283 e. The van der Waals surface area contributed by atoms with Crippen molar-refractivity contribution >= 4 is 22.5 Å². The van der Waals surface area contributed by atoms with Gasteiger partial charge in [0.1, 0.15) is 0 Å². The lowest BCUT2D eigenvalue weighted by molar-refractivity contribution is 0.635. The quantitative estimate of drug-likeness (QED) is 0.545. The molecule has 3 nitrogen and oxygen atoms in total. The molecule has 0 saturated heterocycles. The van der Waals surface area contributed by atoms with Crippen molar-refractivity contribution in [3.05, 3.63) is 69.6 Å². The average molecular weight is 322 g/mol. The summed E-state index contributed by atoms with van der Waals surface area (Å²) in [5, 5.41) is 3.23. The predicted molar refractivity (Wildman–Crippen MR) is 95.4 cm³/mol. The van der Waals surface area contributed by atoms with Crippen LogP contribution >= 0.6 is 11.8 Å². The molecule has 0 radical (unpaired) electrons. The molecule has 1 heterocycles. The van der Waals surface area contributed by atoms with Crippen LogP contribution in [0.1, 0.15) is 23.2 Å². The van der Waals surface area contributed by atoms with Crippen LogP contribution in [0.3, 0.4) is 0 Å². The van der Waals surface area contributed by atoms with E-state index in [1.165, 1.54) is 16.3 Å². The van der Waals surface area contributed by atoms with Crippen molar-refractivity contribution in [1.82, 2.24) is 9.55 Å². The van der Waals surface area contributed by atoms with Crippen molar-refractivity contribution in [2.45, 2.75) is 31.0 Å². The Labute approximate surface area is 139 Å². The molecule has 23 heavy (non-hydrogen) atoms. The first-order chi connectivity index (χ1) is 11.3. The second kappa shape index (κ2) is 5.85. The summed E-state index contributed by atoms with van der Waals surface area (Å²) < 4.78 is 1.84. The Morgan fingerprint density at radius 3 is 2.83 bits per heavy atom. The van der Waals surface area contributed by atoms with Gasteiger partial charge in [-0.15, -0.1) is 0 Å². The fraction of sp³-hybridized carbons (Fsp3) is 0.263. The maximum absolute atomic E-state index is 12.9. The maximum Gasteiger partial charge on any atom is 0.257 e. The van der Waals surface area contributed by atoms with Crippen molar-refractivity contribution in [3.8, 4) is 0 Å². The first-order valence-corrected chi connectivity index (χ1v) is 9.13. The minimum atomic E-state index is 0.143. The summed E-state index contributed by atoms with van der Waals surface area (Å²) in [6.45, 7) is 0.580. The standard InChI is InChI=1S/C19H18N2OS/c1-23-19-20-17-11-5-10-16(17)18(22)21(19)12-14-8-4-7-13-6-2-3-9-15(13)14/h2-4,6-9H,5,10-12H2,1H3. The highest BCUT2D eigenvalue weighted by molar-refractivity contribution is 7.98. The van der Waals surface area contributed by atoms with Crippen LogP contribution in [0, 0.1) is 0 Å². The van der Waals surface area contributed by atoms with Crippen LogP contribution in [0.25, 0.3) is 10.8 Å². The summed E-state index contributed by atoms with van der Waals surface area (Å²) in [5.74, 6) is 0. The number of hydrogen-bond donors (Lipinski definition) is 0. The van der Waals surface area contributed by atoms with Gasteiger partial charge >= 0.3 is 0 Å². The van der Waals surface area contributed by atoms with E-state index in [2.05, 4.69) is 30.3 Å². The summed E-state index contributed by atoms with van der Waals surface area (Å²) >= 11 is 1.55. The Hall–Kier alpha value is -2.07. The molecule has 1 aromatic heterocycles. The second-order valence-electron chi connectivity index (χ2n) is 5.91. The van der Waals surface area contributed by atoms with Crippen LogP contribution in [0.5, 0.6) is 0 Å².